The monoisotopic (exact) mass is 224 g/mol. The van der Waals surface area contributed by atoms with E-state index >= 15 is 0 Å². The van der Waals surface area contributed by atoms with Crippen LogP contribution in [-0.2, 0) is 19.7 Å². The largest absolute Gasteiger partial charge is 0.480 e. The molecule has 0 aromatic heterocycles. The van der Waals surface area contributed by atoms with Gasteiger partial charge < -0.3 is 9.84 Å². The Bertz CT molecular complexity index is 308. The lowest BCUT2D eigenvalue weighted by Crippen LogP contribution is -2.53. The summed E-state index contributed by atoms with van der Waals surface area (Å²) in [5, 5.41) is 13.1. The van der Waals surface area contributed by atoms with Crippen LogP contribution in [0.5, 0.6) is 0 Å². The standard InChI is InChI=1S/C6H12N2O5S/c7-14(11,12)8-1-5(2-8)3-13-4-6(9)10/h5H,1-4H2,(H,9,10)(H2,7,11,12). The van der Waals surface area contributed by atoms with Crippen molar-refractivity contribution in [2.75, 3.05) is 26.3 Å². The minimum atomic E-state index is -3.58. The number of carboxylic acids is 1. The molecule has 0 unspecified atom stereocenters. The van der Waals surface area contributed by atoms with Crippen LogP contribution in [0, 0.1) is 5.92 Å². The SMILES string of the molecule is NS(=O)(=O)N1CC(COCC(=O)O)C1. The molecule has 8 heteroatoms. The van der Waals surface area contributed by atoms with Crippen LogP contribution in [0.4, 0.5) is 0 Å². The molecule has 1 saturated heterocycles. The number of hydrogen-bond donors (Lipinski definition) is 2. The average Bonchev–Trinajstić information content (AvgIpc) is 1.90. The molecule has 1 aliphatic rings. The first-order valence-corrected chi connectivity index (χ1v) is 5.47. The summed E-state index contributed by atoms with van der Waals surface area (Å²) in [6.45, 7) is 0.501. The first-order valence-electron chi connectivity index (χ1n) is 3.97. The topological polar surface area (TPSA) is 110 Å². The van der Waals surface area contributed by atoms with Gasteiger partial charge in [-0.1, -0.05) is 0 Å². The molecule has 1 fully saturated rings. The maximum atomic E-state index is 10.7. The molecule has 1 heterocycles. The van der Waals surface area contributed by atoms with Gasteiger partial charge in [-0.25, -0.2) is 9.93 Å². The maximum absolute atomic E-state index is 10.7. The van der Waals surface area contributed by atoms with Gasteiger partial charge in [0.05, 0.1) is 6.61 Å². The molecule has 1 rings (SSSR count). The van der Waals surface area contributed by atoms with E-state index in [0.717, 1.165) is 4.31 Å². The van der Waals surface area contributed by atoms with Gasteiger partial charge >= 0.3 is 5.97 Å². The zero-order chi connectivity index (χ0) is 10.8. The van der Waals surface area contributed by atoms with Crippen LogP contribution in [0.3, 0.4) is 0 Å². The maximum Gasteiger partial charge on any atom is 0.329 e. The molecule has 0 spiro atoms. The van der Waals surface area contributed by atoms with Crippen LogP contribution in [0.1, 0.15) is 0 Å². The molecule has 0 atom stereocenters. The third-order valence-corrected chi connectivity index (χ3v) is 2.88. The lowest BCUT2D eigenvalue weighted by atomic mass is 10.1. The highest BCUT2D eigenvalue weighted by atomic mass is 32.2. The van der Waals surface area contributed by atoms with E-state index in [2.05, 4.69) is 0 Å². The van der Waals surface area contributed by atoms with Gasteiger partial charge in [0.25, 0.3) is 10.2 Å². The first-order chi connectivity index (χ1) is 6.39. The second-order valence-corrected chi connectivity index (χ2v) is 4.68. The lowest BCUT2D eigenvalue weighted by molar-refractivity contribution is -0.143. The number of nitrogens with two attached hydrogens (primary N) is 1. The number of ether oxygens (including phenoxy) is 1. The van der Waals surface area contributed by atoms with Crippen LogP contribution >= 0.6 is 0 Å². The van der Waals surface area contributed by atoms with Gasteiger partial charge in [-0.15, -0.1) is 0 Å². The van der Waals surface area contributed by atoms with E-state index in [1.54, 1.807) is 0 Å². The van der Waals surface area contributed by atoms with Gasteiger partial charge in [0.15, 0.2) is 0 Å². The Morgan fingerprint density at radius 1 is 1.57 bits per heavy atom. The number of aliphatic carboxylic acids is 1. The van der Waals surface area contributed by atoms with Crippen molar-refractivity contribution in [3.63, 3.8) is 0 Å². The van der Waals surface area contributed by atoms with Crippen molar-refractivity contribution in [2.45, 2.75) is 0 Å². The van der Waals surface area contributed by atoms with Gasteiger partial charge in [0.1, 0.15) is 6.61 Å². The second-order valence-electron chi connectivity index (χ2n) is 3.14. The fourth-order valence-electron chi connectivity index (χ4n) is 1.15. The van der Waals surface area contributed by atoms with Crippen LogP contribution in [-0.4, -0.2) is 50.1 Å². The van der Waals surface area contributed by atoms with Crippen molar-refractivity contribution in [2.24, 2.45) is 11.1 Å². The molecule has 0 aromatic rings. The lowest BCUT2D eigenvalue weighted by Gasteiger charge is -2.36. The Hall–Kier alpha value is -0.700. The second kappa shape index (κ2) is 4.22. The summed E-state index contributed by atoms with van der Waals surface area (Å²) in [5.41, 5.74) is 0. The molecule has 7 nitrogen and oxygen atoms in total. The molecule has 0 aromatic carbocycles. The predicted molar refractivity (Wildman–Crippen MR) is 46.6 cm³/mol. The van der Waals surface area contributed by atoms with Crippen LogP contribution < -0.4 is 5.14 Å². The minimum Gasteiger partial charge on any atom is -0.480 e. The molecule has 3 N–H and O–H groups in total. The number of hydrogen-bond acceptors (Lipinski definition) is 4. The minimum absolute atomic E-state index is 0.0488. The number of nitrogens with zero attached hydrogens (tertiary/aromatic N) is 1. The Morgan fingerprint density at radius 2 is 2.14 bits per heavy atom. The number of rotatable bonds is 5. The van der Waals surface area contributed by atoms with E-state index in [9.17, 15) is 13.2 Å². The summed E-state index contributed by atoms with van der Waals surface area (Å²) < 4.78 is 27.3. The molecule has 0 bridgehead atoms. The van der Waals surface area contributed by atoms with E-state index in [0.29, 0.717) is 13.1 Å². The van der Waals surface area contributed by atoms with Gasteiger partial charge in [0.2, 0.25) is 0 Å². The van der Waals surface area contributed by atoms with Crippen molar-refractivity contribution in [3.8, 4) is 0 Å². The normalized spacial score (nSPS) is 19.2. The molecule has 0 saturated carbocycles. The summed E-state index contributed by atoms with van der Waals surface area (Å²) in [4.78, 5) is 10.1. The molecular weight excluding hydrogens is 212 g/mol. The Morgan fingerprint density at radius 3 is 2.57 bits per heavy atom. The third-order valence-electron chi connectivity index (χ3n) is 1.86. The van der Waals surface area contributed by atoms with Gasteiger partial charge in [-0.3, -0.25) is 0 Å². The van der Waals surface area contributed by atoms with Crippen molar-refractivity contribution in [1.29, 1.82) is 0 Å². The molecule has 0 radical (unpaired) electrons. The van der Waals surface area contributed by atoms with Crippen LogP contribution in [0.25, 0.3) is 0 Å². The van der Waals surface area contributed by atoms with Crippen LogP contribution in [0.15, 0.2) is 0 Å². The molecular formula is C6H12N2O5S. The molecule has 82 valence electrons. The average molecular weight is 224 g/mol. The Kier molecular flexibility index (Phi) is 3.43. The van der Waals surface area contributed by atoms with Crippen molar-refractivity contribution in [3.05, 3.63) is 0 Å². The highest BCUT2D eigenvalue weighted by Gasteiger charge is 2.33. The summed E-state index contributed by atoms with van der Waals surface area (Å²) in [5.74, 6) is -0.986. The summed E-state index contributed by atoms with van der Waals surface area (Å²) in [7, 11) is -3.58. The zero-order valence-corrected chi connectivity index (χ0v) is 8.24. The summed E-state index contributed by atoms with van der Waals surface area (Å²) >= 11 is 0. The quantitative estimate of drug-likeness (QED) is 0.574. The smallest absolute Gasteiger partial charge is 0.329 e. The van der Waals surface area contributed by atoms with E-state index in [1.165, 1.54) is 0 Å². The first kappa shape index (κ1) is 11.4. The fourth-order valence-corrected chi connectivity index (χ4v) is 1.99. The predicted octanol–water partition coefficient (Wildman–Crippen LogP) is -1.78. The Labute approximate surface area is 81.6 Å². The van der Waals surface area contributed by atoms with E-state index in [1.807, 2.05) is 0 Å². The molecule has 14 heavy (non-hydrogen) atoms. The van der Waals surface area contributed by atoms with E-state index in [4.69, 9.17) is 15.0 Å². The van der Waals surface area contributed by atoms with Crippen molar-refractivity contribution < 1.29 is 23.1 Å². The molecule has 1 aliphatic heterocycles. The summed E-state index contributed by atoms with van der Waals surface area (Å²) in [6.07, 6.45) is 0. The van der Waals surface area contributed by atoms with Gasteiger partial charge in [-0.2, -0.15) is 12.7 Å². The van der Waals surface area contributed by atoms with E-state index in [-0.39, 0.29) is 19.1 Å². The Balaban J connectivity index is 2.14. The van der Waals surface area contributed by atoms with Gasteiger partial charge in [-0.05, 0) is 0 Å². The highest BCUT2D eigenvalue weighted by Crippen LogP contribution is 2.17. The number of carboxylic acid groups (broad SMARTS) is 1. The summed E-state index contributed by atoms with van der Waals surface area (Å²) in [6, 6.07) is 0. The van der Waals surface area contributed by atoms with Crippen LogP contribution in [0.2, 0.25) is 0 Å². The van der Waals surface area contributed by atoms with E-state index < -0.39 is 16.2 Å². The molecule has 0 amide bonds. The fraction of sp³-hybridized carbons (Fsp3) is 0.833. The van der Waals surface area contributed by atoms with Crippen molar-refractivity contribution >= 4 is 16.2 Å². The zero-order valence-electron chi connectivity index (χ0n) is 7.42. The third kappa shape index (κ3) is 3.22. The van der Waals surface area contributed by atoms with Crippen molar-refractivity contribution in [1.82, 2.24) is 4.31 Å². The highest BCUT2D eigenvalue weighted by molar-refractivity contribution is 7.86. The molecule has 0 aliphatic carbocycles. The number of carbonyl (C=O) groups is 1. The van der Waals surface area contributed by atoms with Gasteiger partial charge in [0, 0.05) is 19.0 Å².